The summed E-state index contributed by atoms with van der Waals surface area (Å²) in [6, 6.07) is 9.56. The second kappa shape index (κ2) is 5.84. The molecule has 1 atom stereocenters. The summed E-state index contributed by atoms with van der Waals surface area (Å²) in [5.41, 5.74) is 3.01. The molecule has 0 radical (unpaired) electrons. The maximum atomic E-state index is 12.2. The molecule has 1 aromatic heterocycles. The van der Waals surface area contributed by atoms with Crippen LogP contribution in [-0.2, 0) is 17.9 Å². The fourth-order valence-corrected chi connectivity index (χ4v) is 2.71. The first-order chi connectivity index (χ1) is 10.1. The molecule has 1 aliphatic heterocycles. The second-order valence-electron chi connectivity index (χ2n) is 5.24. The molecular formula is C16H16ClN3O. The maximum absolute atomic E-state index is 12.2. The van der Waals surface area contributed by atoms with Crippen molar-refractivity contribution in [3.05, 3.63) is 58.9 Å². The number of amides is 1. The lowest BCUT2D eigenvalue weighted by atomic mass is 10.1. The lowest BCUT2D eigenvalue weighted by Crippen LogP contribution is -2.38. The first-order valence-corrected chi connectivity index (χ1v) is 7.23. The number of anilines is 1. The van der Waals surface area contributed by atoms with Gasteiger partial charge < -0.3 is 5.32 Å². The van der Waals surface area contributed by atoms with Crippen molar-refractivity contribution in [3.8, 4) is 0 Å². The van der Waals surface area contributed by atoms with Gasteiger partial charge in [0, 0.05) is 31.2 Å². The van der Waals surface area contributed by atoms with Crippen LogP contribution < -0.4 is 5.32 Å². The van der Waals surface area contributed by atoms with E-state index in [9.17, 15) is 4.79 Å². The van der Waals surface area contributed by atoms with Gasteiger partial charge in [-0.3, -0.25) is 14.7 Å². The van der Waals surface area contributed by atoms with Crippen molar-refractivity contribution in [3.63, 3.8) is 0 Å². The predicted octanol–water partition coefficient (Wildman–Crippen LogP) is 3.08. The smallest absolute Gasteiger partial charge is 0.241 e. The highest BCUT2D eigenvalue weighted by molar-refractivity contribution is 6.30. The molecule has 3 rings (SSSR count). The number of rotatable bonds is 2. The van der Waals surface area contributed by atoms with Gasteiger partial charge in [0.05, 0.1) is 11.1 Å². The maximum Gasteiger partial charge on any atom is 0.241 e. The second-order valence-corrected chi connectivity index (χ2v) is 5.68. The number of para-hydroxylation sites is 1. The minimum Gasteiger partial charge on any atom is -0.324 e. The van der Waals surface area contributed by atoms with Crippen molar-refractivity contribution in [1.29, 1.82) is 0 Å². The lowest BCUT2D eigenvalue weighted by Gasteiger charge is -2.25. The van der Waals surface area contributed by atoms with E-state index in [1.165, 1.54) is 0 Å². The molecule has 108 valence electrons. The van der Waals surface area contributed by atoms with E-state index < -0.39 is 0 Å². The number of nitrogens with zero attached hydrogens (tertiary/aromatic N) is 2. The van der Waals surface area contributed by atoms with Gasteiger partial charge in [0.1, 0.15) is 0 Å². The van der Waals surface area contributed by atoms with Crippen LogP contribution in [0.15, 0.2) is 42.7 Å². The van der Waals surface area contributed by atoms with Gasteiger partial charge >= 0.3 is 0 Å². The number of halogens is 1. The van der Waals surface area contributed by atoms with E-state index in [1.54, 1.807) is 12.4 Å². The highest BCUT2D eigenvalue weighted by atomic mass is 35.5. The van der Waals surface area contributed by atoms with E-state index in [0.717, 1.165) is 16.8 Å². The molecule has 2 aromatic rings. The van der Waals surface area contributed by atoms with Gasteiger partial charge in [-0.15, -0.1) is 0 Å². The molecule has 5 heteroatoms. The highest BCUT2D eigenvalue weighted by Gasteiger charge is 2.26. The first kappa shape index (κ1) is 14.0. The number of carbonyl (C=O) groups excluding carboxylic acids is 1. The fraction of sp³-hybridized carbons (Fsp3) is 0.250. The van der Waals surface area contributed by atoms with Gasteiger partial charge in [-0.25, -0.2) is 0 Å². The lowest BCUT2D eigenvalue weighted by molar-refractivity contribution is -0.120. The number of aromatic nitrogens is 1. The molecule has 1 unspecified atom stereocenters. The van der Waals surface area contributed by atoms with Gasteiger partial charge in [0.2, 0.25) is 5.91 Å². The Morgan fingerprint density at radius 1 is 1.38 bits per heavy atom. The van der Waals surface area contributed by atoms with Crippen molar-refractivity contribution < 1.29 is 4.79 Å². The molecular weight excluding hydrogens is 286 g/mol. The molecule has 0 fully saturated rings. The Kier molecular flexibility index (Phi) is 3.90. The summed E-state index contributed by atoms with van der Waals surface area (Å²) in [5, 5.41) is 3.59. The number of pyridine rings is 1. The minimum atomic E-state index is -0.212. The van der Waals surface area contributed by atoms with Crippen molar-refractivity contribution in [2.24, 2.45) is 0 Å². The molecule has 21 heavy (non-hydrogen) atoms. The summed E-state index contributed by atoms with van der Waals surface area (Å²) in [5.74, 6) is 0.00920. The molecule has 1 amide bonds. The monoisotopic (exact) mass is 301 g/mol. The molecule has 0 saturated heterocycles. The van der Waals surface area contributed by atoms with Crippen molar-refractivity contribution in [2.45, 2.75) is 26.1 Å². The molecule has 0 spiro atoms. The zero-order valence-corrected chi connectivity index (χ0v) is 12.5. The minimum absolute atomic E-state index is 0.00920. The Balaban J connectivity index is 1.88. The molecule has 0 bridgehead atoms. The van der Waals surface area contributed by atoms with Crippen LogP contribution in [0.25, 0.3) is 0 Å². The molecule has 0 saturated carbocycles. The Hall–Kier alpha value is -1.91. The van der Waals surface area contributed by atoms with Crippen LogP contribution in [0.5, 0.6) is 0 Å². The van der Waals surface area contributed by atoms with Crippen molar-refractivity contribution in [2.75, 3.05) is 5.32 Å². The summed E-state index contributed by atoms with van der Waals surface area (Å²) >= 11 is 5.98. The number of hydrogen-bond acceptors (Lipinski definition) is 3. The zero-order chi connectivity index (χ0) is 14.8. The summed E-state index contributed by atoms with van der Waals surface area (Å²) in [4.78, 5) is 18.5. The van der Waals surface area contributed by atoms with E-state index in [-0.39, 0.29) is 11.9 Å². The molecule has 1 aliphatic rings. The summed E-state index contributed by atoms with van der Waals surface area (Å²) < 4.78 is 0. The highest BCUT2D eigenvalue weighted by Crippen LogP contribution is 2.24. The third kappa shape index (κ3) is 3.06. The van der Waals surface area contributed by atoms with Gasteiger partial charge in [0.25, 0.3) is 0 Å². The molecule has 4 nitrogen and oxygen atoms in total. The Bertz CT molecular complexity index is 674. The number of nitrogens with one attached hydrogen (secondary N) is 1. The van der Waals surface area contributed by atoms with Gasteiger partial charge in [-0.05, 0) is 30.2 Å². The van der Waals surface area contributed by atoms with Crippen molar-refractivity contribution >= 4 is 23.2 Å². The normalized spacial score (nSPS) is 18.8. The predicted molar refractivity (Wildman–Crippen MR) is 83.0 cm³/mol. The van der Waals surface area contributed by atoms with Gasteiger partial charge in [-0.1, -0.05) is 29.8 Å². The van der Waals surface area contributed by atoms with Crippen LogP contribution in [0.3, 0.4) is 0 Å². The van der Waals surface area contributed by atoms with Crippen LogP contribution in [0.2, 0.25) is 5.02 Å². The third-order valence-electron chi connectivity index (χ3n) is 3.72. The summed E-state index contributed by atoms with van der Waals surface area (Å²) in [6.45, 7) is 3.26. The van der Waals surface area contributed by atoms with Crippen LogP contribution >= 0.6 is 11.6 Å². The molecule has 2 heterocycles. The van der Waals surface area contributed by atoms with Crippen molar-refractivity contribution in [1.82, 2.24) is 9.88 Å². The Morgan fingerprint density at radius 3 is 3.00 bits per heavy atom. The SMILES string of the molecule is CC1C(=O)Nc2ccccc2CN1Cc1cncc(Cl)c1. The Morgan fingerprint density at radius 2 is 2.19 bits per heavy atom. The Labute approximate surface area is 128 Å². The summed E-state index contributed by atoms with van der Waals surface area (Å²) in [6.07, 6.45) is 3.40. The quantitative estimate of drug-likeness (QED) is 0.927. The summed E-state index contributed by atoms with van der Waals surface area (Å²) in [7, 11) is 0. The topological polar surface area (TPSA) is 45.2 Å². The van der Waals surface area contributed by atoms with Crippen LogP contribution in [0.1, 0.15) is 18.1 Å². The van der Waals surface area contributed by atoms with Gasteiger partial charge in [0.15, 0.2) is 0 Å². The van der Waals surface area contributed by atoms with Crippen LogP contribution in [-0.4, -0.2) is 21.8 Å². The molecule has 1 aromatic carbocycles. The number of hydrogen-bond donors (Lipinski definition) is 1. The first-order valence-electron chi connectivity index (χ1n) is 6.86. The number of benzene rings is 1. The standard InChI is InChI=1S/C16H16ClN3O/c1-11-16(21)19-15-5-3-2-4-13(15)10-20(11)9-12-6-14(17)8-18-7-12/h2-8,11H,9-10H2,1H3,(H,19,21). The van der Waals surface area contributed by atoms with E-state index in [4.69, 9.17) is 11.6 Å². The average molecular weight is 302 g/mol. The van der Waals surface area contributed by atoms with E-state index in [0.29, 0.717) is 18.1 Å². The van der Waals surface area contributed by atoms with Crippen LogP contribution in [0.4, 0.5) is 5.69 Å². The van der Waals surface area contributed by atoms with Crippen LogP contribution in [0, 0.1) is 0 Å². The number of fused-ring (bicyclic) bond motifs is 1. The average Bonchev–Trinajstić information content (AvgIpc) is 2.58. The molecule has 1 N–H and O–H groups in total. The van der Waals surface area contributed by atoms with E-state index >= 15 is 0 Å². The zero-order valence-electron chi connectivity index (χ0n) is 11.7. The fourth-order valence-electron chi connectivity index (χ4n) is 2.51. The van der Waals surface area contributed by atoms with E-state index in [2.05, 4.69) is 15.2 Å². The third-order valence-corrected chi connectivity index (χ3v) is 3.93. The molecule has 0 aliphatic carbocycles. The largest absolute Gasteiger partial charge is 0.324 e. The van der Waals surface area contributed by atoms with Gasteiger partial charge in [-0.2, -0.15) is 0 Å². The van der Waals surface area contributed by atoms with E-state index in [1.807, 2.05) is 37.3 Å². The number of carbonyl (C=O) groups is 1.